The summed E-state index contributed by atoms with van der Waals surface area (Å²) in [4.78, 5) is 0. The van der Waals surface area contributed by atoms with E-state index < -0.39 is 6.29 Å². The Bertz CT molecular complexity index is 230. The van der Waals surface area contributed by atoms with Crippen LogP contribution >= 0.6 is 0 Å². The van der Waals surface area contributed by atoms with Crippen molar-refractivity contribution >= 4 is 0 Å². The van der Waals surface area contributed by atoms with E-state index in [2.05, 4.69) is 0 Å². The molecule has 0 spiro atoms. The van der Waals surface area contributed by atoms with E-state index in [1.807, 2.05) is 19.9 Å². The van der Waals surface area contributed by atoms with Crippen LogP contribution in [0.1, 0.15) is 25.5 Å². The Morgan fingerprint density at radius 2 is 2.00 bits per heavy atom. The maximum Gasteiger partial charge on any atom is 0.176 e. The second kappa shape index (κ2) is 5.80. The molecule has 1 heterocycles. The van der Waals surface area contributed by atoms with Gasteiger partial charge in [0.25, 0.3) is 0 Å². The molecule has 1 aromatic heterocycles. The summed E-state index contributed by atoms with van der Waals surface area (Å²) in [7, 11) is 0. The van der Waals surface area contributed by atoms with Crippen molar-refractivity contribution in [3.8, 4) is 0 Å². The summed E-state index contributed by atoms with van der Waals surface area (Å²) in [5.74, 6) is 0. The molecule has 14 heavy (non-hydrogen) atoms. The number of hydrogen-bond acceptors (Lipinski definition) is 4. The van der Waals surface area contributed by atoms with Crippen LogP contribution < -0.4 is 5.73 Å². The fourth-order valence-corrected chi connectivity index (χ4v) is 1.21. The van der Waals surface area contributed by atoms with Crippen LogP contribution in [-0.4, -0.2) is 19.5 Å². The first kappa shape index (κ1) is 11.2. The highest BCUT2D eigenvalue weighted by Crippen LogP contribution is 2.17. The highest BCUT2D eigenvalue weighted by Gasteiger charge is 2.20. The van der Waals surface area contributed by atoms with Gasteiger partial charge in [-0.25, -0.2) is 0 Å². The van der Waals surface area contributed by atoms with Crippen molar-refractivity contribution < 1.29 is 13.9 Å². The second-order valence-electron chi connectivity index (χ2n) is 2.86. The minimum atomic E-state index is -0.400. The third kappa shape index (κ3) is 2.83. The van der Waals surface area contributed by atoms with Crippen molar-refractivity contribution in [1.29, 1.82) is 0 Å². The van der Waals surface area contributed by atoms with E-state index in [9.17, 15) is 0 Å². The van der Waals surface area contributed by atoms with E-state index in [1.54, 1.807) is 12.5 Å². The lowest BCUT2D eigenvalue weighted by Crippen LogP contribution is -2.31. The van der Waals surface area contributed by atoms with Crippen molar-refractivity contribution in [2.24, 2.45) is 5.73 Å². The van der Waals surface area contributed by atoms with Gasteiger partial charge < -0.3 is 19.6 Å². The quantitative estimate of drug-likeness (QED) is 0.708. The first-order valence-corrected chi connectivity index (χ1v) is 4.80. The fourth-order valence-electron chi connectivity index (χ4n) is 1.21. The predicted octanol–water partition coefficient (Wildman–Crippen LogP) is 1.68. The van der Waals surface area contributed by atoms with Gasteiger partial charge in [0.1, 0.15) is 0 Å². The topological polar surface area (TPSA) is 57.6 Å². The minimum absolute atomic E-state index is 0.298. The Balaban J connectivity index is 2.58. The highest BCUT2D eigenvalue weighted by molar-refractivity contribution is 5.11. The zero-order chi connectivity index (χ0) is 10.4. The molecule has 0 aliphatic rings. The number of rotatable bonds is 6. The third-order valence-corrected chi connectivity index (χ3v) is 1.88. The lowest BCUT2D eigenvalue weighted by atomic mass is 10.1. The number of nitrogens with two attached hydrogens (primary N) is 1. The molecule has 0 aliphatic heterocycles. The Hall–Kier alpha value is -0.840. The molecule has 1 unspecified atom stereocenters. The Labute approximate surface area is 84.0 Å². The van der Waals surface area contributed by atoms with Gasteiger partial charge in [0.15, 0.2) is 6.29 Å². The van der Waals surface area contributed by atoms with Gasteiger partial charge >= 0.3 is 0 Å². The summed E-state index contributed by atoms with van der Waals surface area (Å²) in [5, 5.41) is 0. The second-order valence-corrected chi connectivity index (χ2v) is 2.86. The molecule has 0 radical (unpaired) electrons. The molecule has 4 nitrogen and oxygen atoms in total. The van der Waals surface area contributed by atoms with Gasteiger partial charge in [0, 0.05) is 18.8 Å². The van der Waals surface area contributed by atoms with Crippen LogP contribution in [0.4, 0.5) is 0 Å². The molecule has 1 rings (SSSR count). The van der Waals surface area contributed by atoms with E-state index in [4.69, 9.17) is 19.6 Å². The predicted molar refractivity (Wildman–Crippen MR) is 52.7 cm³/mol. The lowest BCUT2D eigenvalue weighted by Gasteiger charge is -2.22. The Kier molecular flexibility index (Phi) is 4.65. The molecular weight excluding hydrogens is 182 g/mol. The van der Waals surface area contributed by atoms with Crippen LogP contribution in [0.25, 0.3) is 0 Å². The van der Waals surface area contributed by atoms with Crippen LogP contribution in [-0.2, 0) is 9.47 Å². The van der Waals surface area contributed by atoms with Gasteiger partial charge in [-0.1, -0.05) is 0 Å². The Morgan fingerprint density at radius 3 is 2.43 bits per heavy atom. The molecule has 0 aromatic carbocycles. The highest BCUT2D eigenvalue weighted by atomic mass is 16.7. The van der Waals surface area contributed by atoms with E-state index in [-0.39, 0.29) is 6.04 Å². The van der Waals surface area contributed by atoms with Crippen LogP contribution in [0, 0.1) is 0 Å². The molecule has 1 aromatic rings. The van der Waals surface area contributed by atoms with E-state index in [1.165, 1.54) is 0 Å². The average Bonchev–Trinajstić information content (AvgIpc) is 2.69. The largest absolute Gasteiger partial charge is 0.472 e. The average molecular weight is 199 g/mol. The zero-order valence-corrected chi connectivity index (χ0v) is 8.60. The molecule has 80 valence electrons. The summed E-state index contributed by atoms with van der Waals surface area (Å²) < 4.78 is 15.7. The van der Waals surface area contributed by atoms with Crippen LogP contribution in [0.15, 0.2) is 23.0 Å². The molecule has 0 fully saturated rings. The van der Waals surface area contributed by atoms with Crippen molar-refractivity contribution in [2.75, 3.05) is 13.2 Å². The van der Waals surface area contributed by atoms with Crippen LogP contribution in [0.5, 0.6) is 0 Å². The fraction of sp³-hybridized carbons (Fsp3) is 0.600. The van der Waals surface area contributed by atoms with Gasteiger partial charge in [-0.05, 0) is 19.9 Å². The van der Waals surface area contributed by atoms with Gasteiger partial charge in [-0.15, -0.1) is 0 Å². The van der Waals surface area contributed by atoms with Gasteiger partial charge in [-0.2, -0.15) is 0 Å². The minimum Gasteiger partial charge on any atom is -0.472 e. The lowest BCUT2D eigenvalue weighted by molar-refractivity contribution is -0.149. The first-order chi connectivity index (χ1) is 6.79. The van der Waals surface area contributed by atoms with E-state index in [0.717, 1.165) is 5.56 Å². The SMILES string of the molecule is CCOC(OCC)C(N)c1ccoc1. The molecule has 0 aliphatic carbocycles. The van der Waals surface area contributed by atoms with Gasteiger partial charge in [0.05, 0.1) is 18.6 Å². The summed E-state index contributed by atoms with van der Waals surface area (Å²) in [6.45, 7) is 4.98. The number of ether oxygens (including phenoxy) is 2. The molecular formula is C10H17NO3. The third-order valence-electron chi connectivity index (χ3n) is 1.88. The summed E-state index contributed by atoms with van der Waals surface area (Å²) in [5.41, 5.74) is 6.83. The monoisotopic (exact) mass is 199 g/mol. The Morgan fingerprint density at radius 1 is 1.36 bits per heavy atom. The van der Waals surface area contributed by atoms with Crippen molar-refractivity contribution in [3.05, 3.63) is 24.2 Å². The normalized spacial score (nSPS) is 13.4. The maximum absolute atomic E-state index is 5.95. The maximum atomic E-state index is 5.95. The smallest absolute Gasteiger partial charge is 0.176 e. The molecule has 0 saturated heterocycles. The van der Waals surface area contributed by atoms with Gasteiger partial charge in [0.2, 0.25) is 0 Å². The molecule has 1 atom stereocenters. The molecule has 2 N–H and O–H groups in total. The summed E-state index contributed by atoms with van der Waals surface area (Å²) >= 11 is 0. The van der Waals surface area contributed by atoms with E-state index >= 15 is 0 Å². The molecule has 0 amide bonds. The number of hydrogen-bond donors (Lipinski definition) is 1. The molecule has 0 bridgehead atoms. The standard InChI is InChI=1S/C10H17NO3/c1-3-13-10(14-4-2)9(11)8-5-6-12-7-8/h5-7,9-10H,3-4,11H2,1-2H3. The van der Waals surface area contributed by atoms with Gasteiger partial charge in [-0.3, -0.25) is 0 Å². The van der Waals surface area contributed by atoms with Crippen molar-refractivity contribution in [2.45, 2.75) is 26.2 Å². The summed E-state index contributed by atoms with van der Waals surface area (Å²) in [6, 6.07) is 1.52. The molecule has 0 saturated carbocycles. The van der Waals surface area contributed by atoms with Crippen LogP contribution in [0.3, 0.4) is 0 Å². The number of furan rings is 1. The van der Waals surface area contributed by atoms with Crippen molar-refractivity contribution in [1.82, 2.24) is 0 Å². The van der Waals surface area contributed by atoms with E-state index in [0.29, 0.717) is 13.2 Å². The molecule has 4 heteroatoms. The zero-order valence-electron chi connectivity index (χ0n) is 8.60. The first-order valence-electron chi connectivity index (χ1n) is 4.80. The summed E-state index contributed by atoms with van der Waals surface area (Å²) in [6.07, 6.45) is 2.79. The van der Waals surface area contributed by atoms with Crippen LogP contribution in [0.2, 0.25) is 0 Å². The van der Waals surface area contributed by atoms with Crippen molar-refractivity contribution in [3.63, 3.8) is 0 Å².